The number of fused-ring (bicyclic) bond motifs is 1. The summed E-state index contributed by atoms with van der Waals surface area (Å²) in [6, 6.07) is 8.32. The minimum absolute atomic E-state index is 0.224. The summed E-state index contributed by atoms with van der Waals surface area (Å²) in [7, 11) is 0. The molecule has 0 atom stereocenters. The Kier molecular flexibility index (Phi) is 4.36. The van der Waals surface area contributed by atoms with Gasteiger partial charge in [0.2, 0.25) is 0 Å². The van der Waals surface area contributed by atoms with Gasteiger partial charge in [0.15, 0.2) is 10.8 Å². The Hall–Kier alpha value is -2.47. The molecule has 0 spiro atoms. The van der Waals surface area contributed by atoms with E-state index in [2.05, 4.69) is 33.6 Å². The highest BCUT2D eigenvalue weighted by Gasteiger charge is 2.14. The van der Waals surface area contributed by atoms with Crippen molar-refractivity contribution in [3.63, 3.8) is 0 Å². The molecule has 25 heavy (non-hydrogen) atoms. The lowest BCUT2D eigenvalue weighted by molar-refractivity contribution is 0.102. The van der Waals surface area contributed by atoms with Gasteiger partial charge < -0.3 is 0 Å². The summed E-state index contributed by atoms with van der Waals surface area (Å²) in [5.41, 5.74) is 5.34. The maximum absolute atomic E-state index is 12.3. The molecule has 6 heteroatoms. The average Bonchev–Trinajstić information content (AvgIpc) is 3.30. The van der Waals surface area contributed by atoms with Crippen molar-refractivity contribution in [2.45, 2.75) is 39.2 Å². The fraction of sp³-hybridized carbons (Fsp3) is 0.316. The van der Waals surface area contributed by atoms with Crippen molar-refractivity contribution in [1.29, 1.82) is 0 Å². The molecule has 0 bridgehead atoms. The number of aryl methyl sites for hydroxylation is 3. The van der Waals surface area contributed by atoms with Crippen molar-refractivity contribution >= 4 is 22.4 Å². The summed E-state index contributed by atoms with van der Waals surface area (Å²) in [4.78, 5) is 16.8. The lowest BCUT2D eigenvalue weighted by Gasteiger charge is -2.16. The minimum Gasteiger partial charge on any atom is -0.296 e. The van der Waals surface area contributed by atoms with Gasteiger partial charge in [-0.1, -0.05) is 12.1 Å². The van der Waals surface area contributed by atoms with Gasteiger partial charge in [0.1, 0.15) is 0 Å². The molecule has 1 aliphatic rings. The number of nitrogens with zero attached hydrogens (tertiary/aromatic N) is 3. The second-order valence-electron chi connectivity index (χ2n) is 6.24. The number of aromatic nitrogens is 3. The summed E-state index contributed by atoms with van der Waals surface area (Å²) in [5.74, 6) is -0.224. The fourth-order valence-corrected chi connectivity index (χ4v) is 3.89. The van der Waals surface area contributed by atoms with Crippen LogP contribution in [0.5, 0.6) is 0 Å². The van der Waals surface area contributed by atoms with E-state index in [0.717, 1.165) is 24.2 Å². The van der Waals surface area contributed by atoms with E-state index in [1.165, 1.54) is 41.7 Å². The predicted octanol–water partition coefficient (Wildman–Crippen LogP) is 4.16. The molecular formula is C19H20N4OS. The topological polar surface area (TPSA) is 59.8 Å². The number of rotatable bonds is 4. The second-order valence-corrected chi connectivity index (χ2v) is 7.10. The van der Waals surface area contributed by atoms with Crippen molar-refractivity contribution < 1.29 is 4.79 Å². The number of anilines is 1. The summed E-state index contributed by atoms with van der Waals surface area (Å²) in [6.07, 6.45) is 6.68. The molecule has 1 amide bonds. The van der Waals surface area contributed by atoms with Crippen LogP contribution in [0.15, 0.2) is 35.8 Å². The van der Waals surface area contributed by atoms with Gasteiger partial charge in [-0.2, -0.15) is 5.10 Å². The highest BCUT2D eigenvalue weighted by Crippen LogP contribution is 2.29. The lowest BCUT2D eigenvalue weighted by atomic mass is 9.90. The molecule has 1 aliphatic carbocycles. The summed E-state index contributed by atoms with van der Waals surface area (Å²) in [6.45, 7) is 2.73. The smallest absolute Gasteiger partial charge is 0.277 e. The van der Waals surface area contributed by atoms with Crippen LogP contribution in [0.2, 0.25) is 0 Å². The second kappa shape index (κ2) is 6.80. The van der Waals surface area contributed by atoms with Crippen LogP contribution in [0.25, 0.3) is 11.3 Å². The molecule has 5 nitrogen and oxygen atoms in total. The zero-order valence-electron chi connectivity index (χ0n) is 14.2. The molecule has 0 aliphatic heterocycles. The number of carbonyl (C=O) groups is 1. The quantitative estimate of drug-likeness (QED) is 0.767. The third kappa shape index (κ3) is 3.35. The Bertz CT molecular complexity index is 912. The highest BCUT2D eigenvalue weighted by molar-refractivity contribution is 7.14. The van der Waals surface area contributed by atoms with E-state index in [0.29, 0.717) is 10.8 Å². The van der Waals surface area contributed by atoms with E-state index in [-0.39, 0.29) is 5.91 Å². The Morgan fingerprint density at radius 1 is 1.24 bits per heavy atom. The van der Waals surface area contributed by atoms with E-state index in [4.69, 9.17) is 0 Å². The van der Waals surface area contributed by atoms with Crippen molar-refractivity contribution in [1.82, 2.24) is 14.8 Å². The van der Waals surface area contributed by atoms with Crippen LogP contribution in [0.3, 0.4) is 0 Å². The van der Waals surface area contributed by atoms with Gasteiger partial charge >= 0.3 is 0 Å². The molecule has 0 radical (unpaired) electrons. The number of hydrogen-bond acceptors (Lipinski definition) is 4. The Labute approximate surface area is 150 Å². The Morgan fingerprint density at radius 2 is 2.08 bits per heavy atom. The molecule has 4 rings (SSSR count). The third-order valence-electron chi connectivity index (χ3n) is 4.57. The molecule has 3 aromatic rings. The van der Waals surface area contributed by atoms with Crippen molar-refractivity contribution in [2.24, 2.45) is 0 Å². The summed E-state index contributed by atoms with van der Waals surface area (Å²) in [5, 5.41) is 9.65. The normalized spacial score (nSPS) is 13.5. The van der Waals surface area contributed by atoms with Gasteiger partial charge in [-0.05, 0) is 55.9 Å². The number of carbonyl (C=O) groups excluding carboxylic acids is 1. The lowest BCUT2D eigenvalue weighted by Crippen LogP contribution is -2.13. The van der Waals surface area contributed by atoms with Gasteiger partial charge in [-0.25, -0.2) is 4.98 Å². The van der Waals surface area contributed by atoms with Gasteiger partial charge in [0.25, 0.3) is 5.91 Å². The first-order valence-electron chi connectivity index (χ1n) is 8.65. The standard InChI is InChI=1S/C19H20N4OS/c1-2-23-10-9-16(22-23)18(24)21-19-20-17(12-25-19)15-8-7-13-5-3-4-6-14(13)11-15/h7-12H,2-6H2,1H3,(H,20,21,24). The van der Waals surface area contributed by atoms with Gasteiger partial charge in [-0.15, -0.1) is 11.3 Å². The predicted molar refractivity (Wildman–Crippen MR) is 100 cm³/mol. The van der Waals surface area contributed by atoms with E-state index < -0.39 is 0 Å². The Morgan fingerprint density at radius 3 is 2.88 bits per heavy atom. The van der Waals surface area contributed by atoms with Gasteiger partial charge in [0.05, 0.1) is 5.69 Å². The maximum atomic E-state index is 12.3. The van der Waals surface area contributed by atoms with Crippen molar-refractivity contribution in [3.8, 4) is 11.3 Å². The molecule has 0 saturated heterocycles. The van der Waals surface area contributed by atoms with Crippen LogP contribution >= 0.6 is 11.3 Å². The molecule has 2 heterocycles. The largest absolute Gasteiger partial charge is 0.296 e. The van der Waals surface area contributed by atoms with Crippen molar-refractivity contribution in [3.05, 3.63) is 52.7 Å². The highest BCUT2D eigenvalue weighted by atomic mass is 32.1. The molecule has 1 N–H and O–H groups in total. The SMILES string of the molecule is CCn1ccc(C(=O)Nc2nc(-c3ccc4c(c3)CCCC4)cs2)n1. The summed E-state index contributed by atoms with van der Waals surface area (Å²) >= 11 is 1.44. The van der Waals surface area contributed by atoms with Crippen LogP contribution in [0, 0.1) is 0 Å². The van der Waals surface area contributed by atoms with Crippen LogP contribution in [0.1, 0.15) is 41.4 Å². The molecule has 0 unspecified atom stereocenters. The maximum Gasteiger partial charge on any atom is 0.277 e. The van der Waals surface area contributed by atoms with E-state index in [1.54, 1.807) is 16.9 Å². The Balaban J connectivity index is 1.51. The van der Waals surface area contributed by atoms with Crippen LogP contribution < -0.4 is 5.32 Å². The fourth-order valence-electron chi connectivity index (χ4n) is 3.18. The minimum atomic E-state index is -0.224. The zero-order valence-corrected chi connectivity index (χ0v) is 15.0. The van der Waals surface area contributed by atoms with Crippen LogP contribution in [-0.2, 0) is 19.4 Å². The van der Waals surface area contributed by atoms with Crippen LogP contribution in [0.4, 0.5) is 5.13 Å². The number of nitrogens with one attached hydrogen (secondary N) is 1. The van der Waals surface area contributed by atoms with Gasteiger partial charge in [-0.3, -0.25) is 14.8 Å². The molecule has 0 fully saturated rings. The summed E-state index contributed by atoms with van der Waals surface area (Å²) < 4.78 is 1.73. The molecule has 0 saturated carbocycles. The van der Waals surface area contributed by atoms with Crippen LogP contribution in [-0.4, -0.2) is 20.7 Å². The molecular weight excluding hydrogens is 332 g/mol. The van der Waals surface area contributed by atoms with E-state index >= 15 is 0 Å². The molecule has 1 aromatic carbocycles. The first-order chi connectivity index (χ1) is 12.2. The first-order valence-corrected chi connectivity index (χ1v) is 9.53. The molecule has 2 aromatic heterocycles. The van der Waals surface area contributed by atoms with Gasteiger partial charge in [0, 0.05) is 23.7 Å². The number of benzene rings is 1. The van der Waals surface area contributed by atoms with Crippen molar-refractivity contribution in [2.75, 3.05) is 5.32 Å². The molecule has 128 valence electrons. The number of amides is 1. The number of thiazole rings is 1. The van der Waals surface area contributed by atoms with E-state index in [9.17, 15) is 4.79 Å². The van der Waals surface area contributed by atoms with E-state index in [1.807, 2.05) is 12.3 Å². The number of hydrogen-bond donors (Lipinski definition) is 1. The zero-order chi connectivity index (χ0) is 17.2. The third-order valence-corrected chi connectivity index (χ3v) is 5.32. The first kappa shape index (κ1) is 16.0. The monoisotopic (exact) mass is 352 g/mol. The average molecular weight is 352 g/mol.